The molecule has 0 heterocycles. The van der Waals surface area contributed by atoms with E-state index in [1.54, 1.807) is 18.2 Å². The summed E-state index contributed by atoms with van der Waals surface area (Å²) in [7, 11) is 5.35. The molecule has 0 aromatic heterocycles. The summed E-state index contributed by atoms with van der Waals surface area (Å²) < 4.78 is 10.3. The van der Waals surface area contributed by atoms with Gasteiger partial charge in [-0.25, -0.2) is 4.79 Å². The highest BCUT2D eigenvalue weighted by molar-refractivity contribution is 6.13. The number of aromatic hydroxyl groups is 1. The lowest BCUT2D eigenvalue weighted by molar-refractivity contribution is 0.0490. The molecule has 2 rings (SSSR count). The van der Waals surface area contributed by atoms with Crippen molar-refractivity contribution in [3.05, 3.63) is 35.4 Å². The smallest absolute Gasteiger partial charge is 0.341 e. The minimum Gasteiger partial charge on any atom is -0.506 e. The molecule has 25 heavy (non-hydrogen) atoms. The SMILES string of the molecule is COc1ccc2c(C(N)=O)c(O)c(C(=O)OCCCN(C)C)cc2c1. The Kier molecular flexibility index (Phi) is 5.82. The Hall–Kier alpha value is -2.80. The summed E-state index contributed by atoms with van der Waals surface area (Å²) in [5.74, 6) is -1.44. The molecule has 0 unspecified atom stereocenters. The van der Waals surface area contributed by atoms with E-state index in [9.17, 15) is 14.7 Å². The summed E-state index contributed by atoms with van der Waals surface area (Å²) in [5.41, 5.74) is 5.18. The number of hydrogen-bond donors (Lipinski definition) is 2. The average molecular weight is 346 g/mol. The Morgan fingerprint density at radius 2 is 1.96 bits per heavy atom. The number of ether oxygens (including phenoxy) is 2. The molecule has 0 saturated heterocycles. The van der Waals surface area contributed by atoms with Crippen molar-refractivity contribution in [2.24, 2.45) is 5.73 Å². The number of nitrogens with zero attached hydrogens (tertiary/aromatic N) is 1. The third-order valence-corrected chi connectivity index (χ3v) is 3.77. The van der Waals surface area contributed by atoms with Crippen molar-refractivity contribution in [1.82, 2.24) is 4.90 Å². The minimum absolute atomic E-state index is 0.0978. The number of fused-ring (bicyclic) bond motifs is 1. The Balaban J connectivity index is 2.40. The second-order valence-corrected chi connectivity index (χ2v) is 5.89. The number of rotatable bonds is 7. The van der Waals surface area contributed by atoms with Gasteiger partial charge in [-0.2, -0.15) is 0 Å². The second kappa shape index (κ2) is 7.85. The normalized spacial score (nSPS) is 10.9. The number of amides is 1. The van der Waals surface area contributed by atoms with Crippen LogP contribution in [0.3, 0.4) is 0 Å². The number of primary amides is 1. The van der Waals surface area contributed by atoms with Crippen LogP contribution in [0.25, 0.3) is 10.8 Å². The van der Waals surface area contributed by atoms with E-state index in [0.29, 0.717) is 22.9 Å². The van der Waals surface area contributed by atoms with E-state index in [2.05, 4.69) is 0 Å². The monoisotopic (exact) mass is 346 g/mol. The number of phenols is 1. The van der Waals surface area contributed by atoms with Gasteiger partial charge < -0.3 is 25.2 Å². The predicted octanol–water partition coefficient (Wildman–Crippen LogP) is 1.76. The van der Waals surface area contributed by atoms with Crippen molar-refractivity contribution >= 4 is 22.6 Å². The van der Waals surface area contributed by atoms with E-state index < -0.39 is 17.6 Å². The molecule has 0 radical (unpaired) electrons. The lowest BCUT2D eigenvalue weighted by Gasteiger charge is -2.13. The largest absolute Gasteiger partial charge is 0.506 e. The first kappa shape index (κ1) is 18.5. The lowest BCUT2D eigenvalue weighted by atomic mass is 9.98. The molecule has 2 aromatic carbocycles. The number of methoxy groups -OCH3 is 1. The molecule has 2 aromatic rings. The average Bonchev–Trinajstić information content (AvgIpc) is 2.56. The van der Waals surface area contributed by atoms with Gasteiger partial charge in [-0.3, -0.25) is 4.79 Å². The van der Waals surface area contributed by atoms with Crippen LogP contribution in [0.15, 0.2) is 24.3 Å². The van der Waals surface area contributed by atoms with Gasteiger partial charge in [0.2, 0.25) is 0 Å². The van der Waals surface area contributed by atoms with Crippen molar-refractivity contribution in [2.75, 3.05) is 34.4 Å². The maximum atomic E-state index is 12.3. The Labute approximate surface area is 145 Å². The predicted molar refractivity (Wildman–Crippen MR) is 94.1 cm³/mol. The standard InChI is InChI=1S/C18H22N2O5/c1-20(2)7-4-8-25-18(23)14-10-11-9-12(24-3)5-6-13(11)15(16(14)21)17(19)22/h5-6,9-10,21H,4,7-8H2,1-3H3,(H2,19,22). The van der Waals surface area contributed by atoms with Gasteiger partial charge in [0.1, 0.15) is 17.1 Å². The van der Waals surface area contributed by atoms with Crippen LogP contribution in [0.5, 0.6) is 11.5 Å². The summed E-state index contributed by atoms with van der Waals surface area (Å²) in [6, 6.07) is 6.38. The second-order valence-electron chi connectivity index (χ2n) is 5.89. The van der Waals surface area contributed by atoms with Crippen LogP contribution in [-0.4, -0.2) is 56.2 Å². The zero-order valence-corrected chi connectivity index (χ0v) is 14.5. The molecule has 7 heteroatoms. The zero-order chi connectivity index (χ0) is 18.6. The molecule has 0 saturated carbocycles. The first-order valence-corrected chi connectivity index (χ1v) is 7.80. The molecule has 0 atom stereocenters. The van der Waals surface area contributed by atoms with Crippen LogP contribution < -0.4 is 10.5 Å². The van der Waals surface area contributed by atoms with Gasteiger partial charge in [0.25, 0.3) is 5.91 Å². The molecule has 134 valence electrons. The summed E-state index contributed by atoms with van der Waals surface area (Å²) in [6.07, 6.45) is 0.656. The van der Waals surface area contributed by atoms with Crippen LogP contribution in [-0.2, 0) is 4.74 Å². The highest BCUT2D eigenvalue weighted by Crippen LogP contribution is 2.33. The van der Waals surface area contributed by atoms with Gasteiger partial charge in [-0.05, 0) is 55.6 Å². The zero-order valence-electron chi connectivity index (χ0n) is 14.5. The van der Waals surface area contributed by atoms with Crippen LogP contribution >= 0.6 is 0 Å². The molecule has 7 nitrogen and oxygen atoms in total. The van der Waals surface area contributed by atoms with Crippen molar-refractivity contribution in [3.63, 3.8) is 0 Å². The number of carbonyl (C=O) groups is 2. The summed E-state index contributed by atoms with van der Waals surface area (Å²) in [4.78, 5) is 26.0. The van der Waals surface area contributed by atoms with E-state index in [1.165, 1.54) is 13.2 Å². The summed E-state index contributed by atoms with van der Waals surface area (Å²) >= 11 is 0. The fourth-order valence-corrected chi connectivity index (χ4v) is 2.53. The fourth-order valence-electron chi connectivity index (χ4n) is 2.53. The summed E-state index contributed by atoms with van der Waals surface area (Å²) in [6.45, 7) is 0.971. The van der Waals surface area contributed by atoms with Gasteiger partial charge in [0, 0.05) is 6.54 Å². The highest BCUT2D eigenvalue weighted by atomic mass is 16.5. The molecule has 0 aliphatic carbocycles. The number of carbonyl (C=O) groups excluding carboxylic acids is 2. The Morgan fingerprint density at radius 1 is 1.24 bits per heavy atom. The third kappa shape index (κ3) is 4.19. The maximum absolute atomic E-state index is 12.3. The van der Waals surface area contributed by atoms with Crippen LogP contribution in [0.1, 0.15) is 27.1 Å². The first-order valence-electron chi connectivity index (χ1n) is 7.80. The fraction of sp³-hybridized carbons (Fsp3) is 0.333. The number of hydrogen-bond acceptors (Lipinski definition) is 6. The lowest BCUT2D eigenvalue weighted by Crippen LogP contribution is -2.17. The molecule has 0 bridgehead atoms. The van der Waals surface area contributed by atoms with Crippen LogP contribution in [0, 0.1) is 0 Å². The van der Waals surface area contributed by atoms with Crippen molar-refractivity contribution in [2.45, 2.75) is 6.42 Å². The van der Waals surface area contributed by atoms with E-state index >= 15 is 0 Å². The van der Waals surface area contributed by atoms with Crippen molar-refractivity contribution in [3.8, 4) is 11.5 Å². The number of benzene rings is 2. The van der Waals surface area contributed by atoms with Crippen LogP contribution in [0.4, 0.5) is 0 Å². The van der Waals surface area contributed by atoms with Gasteiger partial charge in [-0.15, -0.1) is 0 Å². The van der Waals surface area contributed by atoms with Gasteiger partial charge >= 0.3 is 5.97 Å². The van der Waals surface area contributed by atoms with E-state index in [1.807, 2.05) is 19.0 Å². The van der Waals surface area contributed by atoms with Gasteiger partial charge in [0.15, 0.2) is 0 Å². The van der Waals surface area contributed by atoms with Crippen molar-refractivity contribution in [1.29, 1.82) is 0 Å². The molecule has 0 fully saturated rings. The van der Waals surface area contributed by atoms with E-state index in [0.717, 1.165) is 6.54 Å². The molecule has 0 spiro atoms. The highest BCUT2D eigenvalue weighted by Gasteiger charge is 2.22. The van der Waals surface area contributed by atoms with Gasteiger partial charge in [-0.1, -0.05) is 0 Å². The van der Waals surface area contributed by atoms with Crippen LogP contribution in [0.2, 0.25) is 0 Å². The van der Waals surface area contributed by atoms with E-state index in [4.69, 9.17) is 15.2 Å². The Bertz CT molecular complexity index is 802. The van der Waals surface area contributed by atoms with Gasteiger partial charge in [0.05, 0.1) is 19.3 Å². The molecular formula is C18H22N2O5. The molecule has 1 amide bonds. The Morgan fingerprint density at radius 3 is 2.56 bits per heavy atom. The topological polar surface area (TPSA) is 102 Å². The minimum atomic E-state index is -0.824. The molecule has 0 aliphatic heterocycles. The third-order valence-electron chi connectivity index (χ3n) is 3.77. The maximum Gasteiger partial charge on any atom is 0.341 e. The first-order chi connectivity index (χ1) is 11.8. The molecular weight excluding hydrogens is 324 g/mol. The van der Waals surface area contributed by atoms with Crippen molar-refractivity contribution < 1.29 is 24.2 Å². The number of esters is 1. The van der Waals surface area contributed by atoms with E-state index in [-0.39, 0.29) is 17.7 Å². The molecule has 0 aliphatic rings. The molecule has 3 N–H and O–H groups in total. The summed E-state index contributed by atoms with van der Waals surface area (Å²) in [5, 5.41) is 11.3. The quantitative estimate of drug-likeness (QED) is 0.585. The number of nitrogens with two attached hydrogens (primary N) is 1.